The van der Waals surface area contributed by atoms with Crippen LogP contribution in [0.3, 0.4) is 0 Å². The molecule has 0 aliphatic heterocycles. The summed E-state index contributed by atoms with van der Waals surface area (Å²) in [6.07, 6.45) is 4.38. The van der Waals surface area contributed by atoms with Gasteiger partial charge in [-0.3, -0.25) is 4.79 Å². The zero-order valence-corrected chi connectivity index (χ0v) is 17.6. The number of benzene rings is 1. The van der Waals surface area contributed by atoms with Crippen LogP contribution in [0.1, 0.15) is 38.2 Å². The van der Waals surface area contributed by atoms with E-state index in [9.17, 15) is 4.79 Å². The molecule has 0 bridgehead atoms. The first-order valence-corrected chi connectivity index (χ1v) is 8.62. The molecule has 1 aliphatic rings. The molecule has 1 aromatic carbocycles. The van der Waals surface area contributed by atoms with Crippen LogP contribution in [-0.4, -0.2) is 37.0 Å². The van der Waals surface area contributed by atoms with Gasteiger partial charge < -0.3 is 16.0 Å². The van der Waals surface area contributed by atoms with Gasteiger partial charge in [-0.2, -0.15) is 0 Å². The fourth-order valence-electron chi connectivity index (χ4n) is 3.03. The molecule has 1 saturated carbocycles. The number of hydrogen-bond donors (Lipinski definition) is 2. The van der Waals surface area contributed by atoms with E-state index in [1.165, 1.54) is 6.42 Å². The average Bonchev–Trinajstić information content (AvgIpc) is 2.48. The van der Waals surface area contributed by atoms with E-state index >= 15 is 0 Å². The minimum Gasteiger partial charge on any atom is -0.351 e. The van der Waals surface area contributed by atoms with Gasteiger partial charge in [0.15, 0.2) is 0 Å². The van der Waals surface area contributed by atoms with Crippen molar-refractivity contribution in [2.45, 2.75) is 50.2 Å². The van der Waals surface area contributed by atoms with Crippen LogP contribution in [-0.2, 0) is 10.3 Å². The van der Waals surface area contributed by atoms with Crippen molar-refractivity contribution in [1.29, 1.82) is 0 Å². The third-order valence-electron chi connectivity index (χ3n) is 4.63. The van der Waals surface area contributed by atoms with Crippen molar-refractivity contribution in [1.82, 2.24) is 10.2 Å². The highest BCUT2D eigenvalue weighted by Gasteiger charge is 2.33. The lowest BCUT2D eigenvalue weighted by atomic mass is 9.88. The number of rotatable bonds is 4. The lowest BCUT2D eigenvalue weighted by molar-refractivity contribution is -0.127. The number of carbonyl (C=O) groups is 1. The van der Waals surface area contributed by atoms with E-state index in [0.717, 1.165) is 29.3 Å². The summed E-state index contributed by atoms with van der Waals surface area (Å²) >= 11 is 3.40. The molecular formula is C17H28BrCl2N3O. The minimum atomic E-state index is -1.01. The molecule has 0 radical (unpaired) electrons. The predicted molar refractivity (Wildman–Crippen MR) is 108 cm³/mol. The van der Waals surface area contributed by atoms with Gasteiger partial charge in [-0.1, -0.05) is 28.1 Å². The molecule has 7 heteroatoms. The second kappa shape index (κ2) is 9.97. The topological polar surface area (TPSA) is 58.4 Å². The van der Waals surface area contributed by atoms with Crippen molar-refractivity contribution in [3.8, 4) is 0 Å². The summed E-state index contributed by atoms with van der Waals surface area (Å²) in [6.45, 7) is 1.78. The molecule has 2 rings (SSSR count). The molecule has 3 atom stereocenters. The molecule has 1 aromatic rings. The van der Waals surface area contributed by atoms with Crippen molar-refractivity contribution in [2.24, 2.45) is 5.73 Å². The maximum atomic E-state index is 12.6. The van der Waals surface area contributed by atoms with Crippen LogP contribution < -0.4 is 11.1 Å². The van der Waals surface area contributed by atoms with Gasteiger partial charge in [0.1, 0.15) is 5.54 Å². The standard InChI is InChI=1S/C17H26BrN3O.2ClH/c1-17(19,12-7-9-13(18)10-8-12)16(22)20-14-5-4-6-15(11-14)21(2)3;;/h7-10,14-15H,4-6,11,19H2,1-3H3,(H,20,22);2*1H. The number of nitrogens with zero attached hydrogens (tertiary/aromatic N) is 1. The van der Waals surface area contributed by atoms with Gasteiger partial charge in [-0.05, 0) is 64.4 Å². The smallest absolute Gasteiger partial charge is 0.244 e. The van der Waals surface area contributed by atoms with Crippen LogP contribution in [0.5, 0.6) is 0 Å². The van der Waals surface area contributed by atoms with Crippen molar-refractivity contribution < 1.29 is 4.79 Å². The van der Waals surface area contributed by atoms with Crippen LogP contribution in [0.2, 0.25) is 0 Å². The number of nitrogens with one attached hydrogen (secondary N) is 1. The summed E-state index contributed by atoms with van der Waals surface area (Å²) in [5.41, 5.74) is 6.12. The SMILES string of the molecule is CN(C)C1CCCC(NC(=O)C(C)(N)c2ccc(Br)cc2)C1.Cl.Cl. The normalized spacial score (nSPS) is 22.8. The van der Waals surface area contributed by atoms with E-state index in [1.54, 1.807) is 6.92 Å². The van der Waals surface area contributed by atoms with E-state index < -0.39 is 5.54 Å². The molecule has 1 aliphatic carbocycles. The van der Waals surface area contributed by atoms with E-state index in [-0.39, 0.29) is 36.8 Å². The Morgan fingerprint density at radius 1 is 1.25 bits per heavy atom. The van der Waals surface area contributed by atoms with E-state index in [0.29, 0.717) is 6.04 Å². The van der Waals surface area contributed by atoms with Gasteiger partial charge in [0, 0.05) is 16.6 Å². The van der Waals surface area contributed by atoms with Crippen molar-refractivity contribution >= 4 is 46.7 Å². The zero-order valence-electron chi connectivity index (χ0n) is 14.4. The van der Waals surface area contributed by atoms with Gasteiger partial charge in [-0.15, -0.1) is 24.8 Å². The highest BCUT2D eigenvalue weighted by molar-refractivity contribution is 9.10. The lowest BCUT2D eigenvalue weighted by Gasteiger charge is -2.35. The predicted octanol–water partition coefficient (Wildman–Crippen LogP) is 3.46. The summed E-state index contributed by atoms with van der Waals surface area (Å²) in [5.74, 6) is -0.0979. The van der Waals surface area contributed by atoms with E-state index in [4.69, 9.17) is 5.73 Å². The quantitative estimate of drug-likeness (QED) is 0.753. The number of halogens is 3. The Morgan fingerprint density at radius 2 is 1.83 bits per heavy atom. The molecule has 3 unspecified atom stereocenters. The highest BCUT2D eigenvalue weighted by Crippen LogP contribution is 2.24. The maximum Gasteiger partial charge on any atom is 0.244 e. The Balaban J connectivity index is 0.00000264. The van der Waals surface area contributed by atoms with Gasteiger partial charge in [-0.25, -0.2) is 0 Å². The average molecular weight is 441 g/mol. The first kappa shape index (κ1) is 23.7. The summed E-state index contributed by atoms with van der Waals surface area (Å²) < 4.78 is 0.980. The van der Waals surface area contributed by atoms with Crippen LogP contribution >= 0.6 is 40.7 Å². The van der Waals surface area contributed by atoms with Crippen molar-refractivity contribution in [3.63, 3.8) is 0 Å². The van der Waals surface area contributed by atoms with E-state index in [1.807, 2.05) is 24.3 Å². The van der Waals surface area contributed by atoms with Crippen LogP contribution in [0.15, 0.2) is 28.7 Å². The number of hydrogen-bond acceptors (Lipinski definition) is 3. The highest BCUT2D eigenvalue weighted by atomic mass is 79.9. The van der Waals surface area contributed by atoms with Gasteiger partial charge in [0.25, 0.3) is 0 Å². The third kappa shape index (κ3) is 5.88. The fourth-order valence-corrected chi connectivity index (χ4v) is 3.29. The molecular weight excluding hydrogens is 413 g/mol. The molecule has 0 saturated heterocycles. The second-order valence-electron chi connectivity index (χ2n) is 6.66. The van der Waals surface area contributed by atoms with Crippen molar-refractivity contribution in [3.05, 3.63) is 34.3 Å². The first-order valence-electron chi connectivity index (χ1n) is 7.83. The largest absolute Gasteiger partial charge is 0.351 e. The van der Waals surface area contributed by atoms with Crippen molar-refractivity contribution in [2.75, 3.05) is 14.1 Å². The Bertz CT molecular complexity index is 523. The molecule has 1 amide bonds. The monoisotopic (exact) mass is 439 g/mol. The van der Waals surface area contributed by atoms with Crippen LogP contribution in [0.4, 0.5) is 0 Å². The minimum absolute atomic E-state index is 0. The Labute approximate surface area is 165 Å². The summed E-state index contributed by atoms with van der Waals surface area (Å²) in [5, 5.41) is 3.15. The Hall–Kier alpha value is -0.330. The van der Waals surface area contributed by atoms with E-state index in [2.05, 4.69) is 40.2 Å². The van der Waals surface area contributed by atoms with Gasteiger partial charge >= 0.3 is 0 Å². The molecule has 0 heterocycles. The second-order valence-corrected chi connectivity index (χ2v) is 7.58. The number of nitrogens with two attached hydrogens (primary N) is 1. The number of amides is 1. The Morgan fingerprint density at radius 3 is 2.38 bits per heavy atom. The molecule has 0 spiro atoms. The molecule has 1 fully saturated rings. The summed E-state index contributed by atoms with van der Waals surface area (Å²) in [6, 6.07) is 8.37. The third-order valence-corrected chi connectivity index (χ3v) is 5.16. The molecule has 24 heavy (non-hydrogen) atoms. The Kier molecular flexibility index (Phi) is 9.84. The van der Waals surface area contributed by atoms with Gasteiger partial charge in [0.05, 0.1) is 0 Å². The zero-order chi connectivity index (χ0) is 16.3. The van der Waals surface area contributed by atoms with Crippen LogP contribution in [0.25, 0.3) is 0 Å². The molecule has 4 nitrogen and oxygen atoms in total. The molecule has 3 N–H and O–H groups in total. The first-order chi connectivity index (χ1) is 10.3. The summed E-state index contributed by atoms with van der Waals surface area (Å²) in [7, 11) is 4.20. The molecule has 138 valence electrons. The van der Waals surface area contributed by atoms with Crippen LogP contribution in [0, 0.1) is 0 Å². The summed E-state index contributed by atoms with van der Waals surface area (Å²) in [4.78, 5) is 14.9. The number of carbonyl (C=O) groups excluding carboxylic acids is 1. The maximum absolute atomic E-state index is 12.6. The van der Waals surface area contributed by atoms with Gasteiger partial charge in [0.2, 0.25) is 5.91 Å². The lowest BCUT2D eigenvalue weighted by Crippen LogP contribution is -2.53. The molecule has 0 aromatic heterocycles. The fraction of sp³-hybridized carbons (Fsp3) is 0.588.